The first-order chi connectivity index (χ1) is 7.77. The molecule has 2 N–H and O–H groups in total. The second kappa shape index (κ2) is 4.90. The van der Waals surface area contributed by atoms with Crippen molar-refractivity contribution in [2.45, 2.75) is 6.61 Å². The molecule has 5 nitrogen and oxygen atoms in total. The number of benzene rings is 1. The van der Waals surface area contributed by atoms with E-state index in [9.17, 15) is 0 Å². The van der Waals surface area contributed by atoms with Crippen molar-refractivity contribution in [3.8, 4) is 17.2 Å². The van der Waals surface area contributed by atoms with Crippen LogP contribution >= 0.6 is 15.9 Å². The summed E-state index contributed by atoms with van der Waals surface area (Å²) in [5.74, 6) is 7.06. The van der Waals surface area contributed by atoms with Gasteiger partial charge in [0.05, 0.1) is 17.1 Å². The predicted octanol–water partition coefficient (Wildman–Crippen LogP) is 1.62. The molecule has 1 heterocycles. The number of fused-ring (bicyclic) bond motifs is 1. The van der Waals surface area contributed by atoms with Crippen LogP contribution in [0, 0.1) is 0 Å². The molecule has 0 spiro atoms. The van der Waals surface area contributed by atoms with Gasteiger partial charge in [-0.1, -0.05) is 0 Å². The van der Waals surface area contributed by atoms with Crippen LogP contribution in [0.5, 0.6) is 17.2 Å². The van der Waals surface area contributed by atoms with Gasteiger partial charge >= 0.3 is 0 Å². The zero-order chi connectivity index (χ0) is 11.5. The highest BCUT2D eigenvalue weighted by Gasteiger charge is 2.22. The fourth-order valence-corrected chi connectivity index (χ4v) is 2.25. The molecule has 0 atom stereocenters. The van der Waals surface area contributed by atoms with Crippen LogP contribution in [0.1, 0.15) is 5.56 Å². The molecule has 0 radical (unpaired) electrons. The second-order valence-corrected chi connectivity index (χ2v) is 4.06. The van der Waals surface area contributed by atoms with Crippen LogP contribution in [0.25, 0.3) is 0 Å². The van der Waals surface area contributed by atoms with Crippen LogP contribution in [0.15, 0.2) is 10.5 Å². The third-order valence-electron chi connectivity index (χ3n) is 2.27. The van der Waals surface area contributed by atoms with Gasteiger partial charge in [-0.25, -0.2) is 5.90 Å². The van der Waals surface area contributed by atoms with Gasteiger partial charge in [-0.3, -0.25) is 4.84 Å². The third-order valence-corrected chi connectivity index (χ3v) is 2.85. The Balaban J connectivity index is 2.54. The summed E-state index contributed by atoms with van der Waals surface area (Å²) in [4.78, 5) is 4.66. The number of halogens is 1. The van der Waals surface area contributed by atoms with Gasteiger partial charge in [-0.15, -0.1) is 0 Å². The van der Waals surface area contributed by atoms with Crippen LogP contribution in [-0.2, 0) is 11.4 Å². The fraction of sp³-hybridized carbons (Fsp3) is 0.400. The Kier molecular flexibility index (Phi) is 3.52. The fourth-order valence-electron chi connectivity index (χ4n) is 1.64. The lowest BCUT2D eigenvalue weighted by atomic mass is 10.1. The van der Waals surface area contributed by atoms with Gasteiger partial charge in [-0.05, 0) is 15.9 Å². The second-order valence-electron chi connectivity index (χ2n) is 3.21. The maximum Gasteiger partial charge on any atom is 0.170 e. The summed E-state index contributed by atoms with van der Waals surface area (Å²) in [7, 11) is 1.58. The van der Waals surface area contributed by atoms with Crippen LogP contribution in [0.3, 0.4) is 0 Å². The van der Waals surface area contributed by atoms with Crippen molar-refractivity contribution in [2.24, 2.45) is 5.90 Å². The Bertz CT molecular complexity index is 397. The van der Waals surface area contributed by atoms with E-state index in [2.05, 4.69) is 20.8 Å². The number of hydrogen-bond donors (Lipinski definition) is 1. The summed E-state index contributed by atoms with van der Waals surface area (Å²) in [6.45, 7) is 1.25. The van der Waals surface area contributed by atoms with Crippen LogP contribution in [-0.4, -0.2) is 20.3 Å². The lowest BCUT2D eigenvalue weighted by Gasteiger charge is -2.23. The van der Waals surface area contributed by atoms with Crippen LogP contribution < -0.4 is 20.1 Å². The number of rotatable bonds is 3. The minimum atomic E-state index is 0.203. The van der Waals surface area contributed by atoms with Crippen molar-refractivity contribution >= 4 is 15.9 Å². The maximum absolute atomic E-state index is 5.54. The third kappa shape index (κ3) is 1.95. The highest BCUT2D eigenvalue weighted by atomic mass is 79.9. The summed E-state index contributed by atoms with van der Waals surface area (Å²) in [6.07, 6.45) is 0. The van der Waals surface area contributed by atoms with Gasteiger partial charge in [0.2, 0.25) is 0 Å². The highest BCUT2D eigenvalue weighted by molar-refractivity contribution is 9.10. The first kappa shape index (κ1) is 11.5. The average Bonchev–Trinajstić information content (AvgIpc) is 2.29. The average molecular weight is 290 g/mol. The van der Waals surface area contributed by atoms with E-state index in [0.717, 1.165) is 10.0 Å². The Labute approximate surface area is 102 Å². The molecule has 1 aromatic carbocycles. The molecule has 6 heteroatoms. The molecule has 0 bridgehead atoms. The van der Waals surface area contributed by atoms with Gasteiger partial charge in [0.25, 0.3) is 0 Å². The molecule has 0 saturated carbocycles. The molecule has 1 aliphatic heterocycles. The van der Waals surface area contributed by atoms with E-state index in [1.54, 1.807) is 7.11 Å². The Morgan fingerprint density at radius 2 is 2.19 bits per heavy atom. The summed E-state index contributed by atoms with van der Waals surface area (Å²) < 4.78 is 17.1. The molecular weight excluding hydrogens is 278 g/mol. The van der Waals surface area contributed by atoms with Gasteiger partial charge in [0.1, 0.15) is 25.6 Å². The Morgan fingerprint density at radius 1 is 1.44 bits per heavy atom. The first-order valence-corrected chi connectivity index (χ1v) is 5.54. The molecule has 0 aliphatic carbocycles. The molecule has 0 aromatic heterocycles. The number of hydrogen-bond acceptors (Lipinski definition) is 5. The number of nitrogens with two attached hydrogens (primary N) is 1. The molecule has 2 rings (SSSR count). The molecule has 0 amide bonds. The minimum absolute atomic E-state index is 0.203. The molecule has 88 valence electrons. The van der Waals surface area contributed by atoms with E-state index in [1.807, 2.05) is 6.07 Å². The maximum atomic E-state index is 5.54. The monoisotopic (exact) mass is 289 g/mol. The van der Waals surface area contributed by atoms with Crippen molar-refractivity contribution in [1.29, 1.82) is 0 Å². The van der Waals surface area contributed by atoms with Crippen LogP contribution in [0.4, 0.5) is 0 Å². The normalized spacial score (nSPS) is 13.7. The molecule has 0 unspecified atom stereocenters. The molecule has 0 fully saturated rings. The van der Waals surface area contributed by atoms with Crippen molar-refractivity contribution < 1.29 is 19.0 Å². The van der Waals surface area contributed by atoms with Crippen molar-refractivity contribution in [1.82, 2.24) is 0 Å². The molecule has 16 heavy (non-hydrogen) atoms. The zero-order valence-corrected chi connectivity index (χ0v) is 10.4. The quantitative estimate of drug-likeness (QED) is 0.857. The molecule has 1 aromatic rings. The zero-order valence-electron chi connectivity index (χ0n) is 8.79. The molecule has 0 saturated heterocycles. The SMILES string of the molecule is COc1c(Br)cc2c(c1CON)OCCO2. The van der Waals surface area contributed by atoms with Gasteiger partial charge in [0, 0.05) is 6.07 Å². The topological polar surface area (TPSA) is 62.9 Å². The van der Waals surface area contributed by atoms with Crippen molar-refractivity contribution in [2.75, 3.05) is 20.3 Å². The lowest BCUT2D eigenvalue weighted by molar-refractivity contribution is 0.113. The largest absolute Gasteiger partial charge is 0.495 e. The summed E-state index contributed by atoms with van der Waals surface area (Å²) in [5.41, 5.74) is 0.745. The van der Waals surface area contributed by atoms with E-state index >= 15 is 0 Å². The van der Waals surface area contributed by atoms with Crippen molar-refractivity contribution in [3.63, 3.8) is 0 Å². The highest BCUT2D eigenvalue weighted by Crippen LogP contribution is 2.44. The predicted molar refractivity (Wildman–Crippen MR) is 60.7 cm³/mol. The smallest absolute Gasteiger partial charge is 0.170 e. The van der Waals surface area contributed by atoms with E-state index in [4.69, 9.17) is 20.1 Å². The Hall–Kier alpha value is -0.980. The molecular formula is C10H12BrNO4. The van der Waals surface area contributed by atoms with E-state index in [0.29, 0.717) is 30.5 Å². The van der Waals surface area contributed by atoms with E-state index in [-0.39, 0.29) is 6.61 Å². The van der Waals surface area contributed by atoms with Crippen molar-refractivity contribution in [3.05, 3.63) is 16.1 Å². The van der Waals surface area contributed by atoms with Gasteiger partial charge < -0.3 is 14.2 Å². The standard InChI is InChI=1S/C10H12BrNO4/c1-13-9-6(5-16-12)10-8(4-7(9)11)14-2-3-15-10/h4H,2-3,5,12H2,1H3. The summed E-state index contributed by atoms with van der Waals surface area (Å²) in [5, 5.41) is 0. The Morgan fingerprint density at radius 3 is 2.88 bits per heavy atom. The first-order valence-electron chi connectivity index (χ1n) is 4.74. The van der Waals surface area contributed by atoms with Gasteiger partial charge in [0.15, 0.2) is 11.5 Å². The summed E-state index contributed by atoms with van der Waals surface area (Å²) >= 11 is 3.40. The van der Waals surface area contributed by atoms with E-state index < -0.39 is 0 Å². The number of methoxy groups -OCH3 is 1. The number of ether oxygens (including phenoxy) is 3. The lowest BCUT2D eigenvalue weighted by Crippen LogP contribution is -2.17. The van der Waals surface area contributed by atoms with Crippen LogP contribution in [0.2, 0.25) is 0 Å². The molecule has 1 aliphatic rings. The summed E-state index contributed by atoms with van der Waals surface area (Å²) in [6, 6.07) is 1.81. The van der Waals surface area contributed by atoms with E-state index in [1.165, 1.54) is 0 Å². The van der Waals surface area contributed by atoms with Gasteiger partial charge in [-0.2, -0.15) is 0 Å². The minimum Gasteiger partial charge on any atom is -0.495 e.